The van der Waals surface area contributed by atoms with Crippen LogP contribution < -0.4 is 5.32 Å². The number of ether oxygens (including phenoxy) is 1. The lowest BCUT2D eigenvalue weighted by molar-refractivity contribution is 0.0342. The van der Waals surface area contributed by atoms with E-state index in [0.29, 0.717) is 5.92 Å². The first-order valence-electron chi connectivity index (χ1n) is 9.48. The number of carbonyl (C=O) groups is 1. The Morgan fingerprint density at radius 1 is 1.20 bits per heavy atom. The lowest BCUT2D eigenvalue weighted by atomic mass is 9.97. The Balaban J connectivity index is 1.56. The van der Waals surface area contributed by atoms with E-state index in [9.17, 15) is 4.79 Å². The minimum Gasteiger partial charge on any atom is -0.379 e. The van der Waals surface area contributed by atoms with E-state index >= 15 is 0 Å². The highest BCUT2D eigenvalue weighted by Crippen LogP contribution is 2.17. The van der Waals surface area contributed by atoms with E-state index < -0.39 is 0 Å². The van der Waals surface area contributed by atoms with E-state index in [0.717, 1.165) is 63.6 Å². The van der Waals surface area contributed by atoms with Gasteiger partial charge in [0.25, 0.3) is 5.91 Å². The van der Waals surface area contributed by atoms with Crippen LogP contribution in [-0.4, -0.2) is 68.7 Å². The molecule has 0 aliphatic carbocycles. The van der Waals surface area contributed by atoms with Gasteiger partial charge in [-0.05, 0) is 63.0 Å². The van der Waals surface area contributed by atoms with Crippen molar-refractivity contribution in [2.45, 2.75) is 26.3 Å². The van der Waals surface area contributed by atoms with Crippen LogP contribution in [0.4, 0.5) is 0 Å². The van der Waals surface area contributed by atoms with Crippen molar-refractivity contribution in [1.82, 2.24) is 15.1 Å². The van der Waals surface area contributed by atoms with E-state index in [2.05, 4.69) is 40.4 Å². The van der Waals surface area contributed by atoms with Crippen molar-refractivity contribution in [3.63, 3.8) is 0 Å². The minimum atomic E-state index is 0.0697. The number of hydrogen-bond donors (Lipinski definition) is 1. The molecule has 2 fully saturated rings. The number of piperidine rings is 1. The van der Waals surface area contributed by atoms with Gasteiger partial charge >= 0.3 is 0 Å². The van der Waals surface area contributed by atoms with E-state index in [1.165, 1.54) is 18.4 Å². The first-order valence-corrected chi connectivity index (χ1v) is 9.48. The average Bonchev–Trinajstić information content (AvgIpc) is 2.63. The Bertz CT molecular complexity index is 576. The molecule has 5 heteroatoms. The van der Waals surface area contributed by atoms with Crippen LogP contribution in [-0.2, 0) is 11.3 Å². The topological polar surface area (TPSA) is 44.8 Å². The normalized spacial score (nSPS) is 20.6. The van der Waals surface area contributed by atoms with Gasteiger partial charge < -0.3 is 15.0 Å². The number of aryl methyl sites for hydroxylation is 1. The zero-order valence-electron chi connectivity index (χ0n) is 15.6. The van der Waals surface area contributed by atoms with Crippen molar-refractivity contribution in [2.75, 3.05) is 53.0 Å². The van der Waals surface area contributed by atoms with Gasteiger partial charge in [-0.1, -0.05) is 12.1 Å². The van der Waals surface area contributed by atoms with Crippen molar-refractivity contribution < 1.29 is 9.53 Å². The Morgan fingerprint density at radius 3 is 2.64 bits per heavy atom. The molecule has 25 heavy (non-hydrogen) atoms. The summed E-state index contributed by atoms with van der Waals surface area (Å²) in [6, 6.07) is 6.27. The quantitative estimate of drug-likeness (QED) is 0.885. The van der Waals surface area contributed by atoms with Crippen molar-refractivity contribution >= 4 is 5.91 Å². The van der Waals surface area contributed by atoms with Crippen molar-refractivity contribution in [2.24, 2.45) is 5.92 Å². The molecule has 1 amide bonds. The monoisotopic (exact) mass is 345 g/mol. The van der Waals surface area contributed by atoms with Gasteiger partial charge in [0.1, 0.15) is 0 Å². The zero-order chi connectivity index (χ0) is 17.6. The van der Waals surface area contributed by atoms with Crippen LogP contribution in [0.3, 0.4) is 0 Å². The third kappa shape index (κ3) is 5.27. The molecule has 0 saturated carbocycles. The Kier molecular flexibility index (Phi) is 6.45. The molecule has 0 aromatic heterocycles. The molecular weight excluding hydrogens is 314 g/mol. The second kappa shape index (κ2) is 8.79. The molecule has 2 heterocycles. The molecule has 3 rings (SSSR count). The zero-order valence-corrected chi connectivity index (χ0v) is 15.6. The molecule has 0 bridgehead atoms. The number of nitrogens with one attached hydrogen (secondary N) is 1. The van der Waals surface area contributed by atoms with Gasteiger partial charge in [-0.3, -0.25) is 9.69 Å². The van der Waals surface area contributed by atoms with Crippen LogP contribution in [0, 0.1) is 12.8 Å². The molecule has 0 radical (unpaired) electrons. The predicted octanol–water partition coefficient (Wildman–Crippen LogP) is 1.90. The standard InChI is InChI=1S/C20H31N3O2/c1-16-3-4-18(15-23-9-11-25-12-10-23)13-19(16)20(24)21-14-17-5-7-22(2)8-6-17/h3-4,13,17H,5-12,14-15H2,1-2H3,(H,21,24). The van der Waals surface area contributed by atoms with Gasteiger partial charge in [-0.25, -0.2) is 0 Å². The first-order chi connectivity index (χ1) is 12.1. The predicted molar refractivity (Wildman–Crippen MR) is 99.8 cm³/mol. The number of hydrogen-bond acceptors (Lipinski definition) is 4. The lowest BCUT2D eigenvalue weighted by Crippen LogP contribution is -2.37. The highest BCUT2D eigenvalue weighted by atomic mass is 16.5. The summed E-state index contributed by atoms with van der Waals surface area (Å²) >= 11 is 0. The van der Waals surface area contributed by atoms with E-state index in [-0.39, 0.29) is 5.91 Å². The summed E-state index contributed by atoms with van der Waals surface area (Å²) in [5.41, 5.74) is 3.07. The van der Waals surface area contributed by atoms with E-state index in [1.54, 1.807) is 0 Å². The Morgan fingerprint density at radius 2 is 1.92 bits per heavy atom. The number of likely N-dealkylation sites (tertiary alicyclic amines) is 1. The summed E-state index contributed by atoms with van der Waals surface area (Å²) in [7, 11) is 2.16. The highest BCUT2D eigenvalue weighted by molar-refractivity contribution is 5.95. The molecule has 2 aliphatic heterocycles. The summed E-state index contributed by atoms with van der Waals surface area (Å²) < 4.78 is 5.41. The minimum absolute atomic E-state index is 0.0697. The van der Waals surface area contributed by atoms with Crippen LogP contribution in [0.5, 0.6) is 0 Å². The maximum absolute atomic E-state index is 12.7. The molecule has 138 valence electrons. The van der Waals surface area contributed by atoms with Gasteiger partial charge in [-0.15, -0.1) is 0 Å². The molecule has 1 aromatic carbocycles. The van der Waals surface area contributed by atoms with Crippen LogP contribution in [0.15, 0.2) is 18.2 Å². The maximum Gasteiger partial charge on any atom is 0.251 e. The third-order valence-electron chi connectivity index (χ3n) is 5.45. The smallest absolute Gasteiger partial charge is 0.251 e. The van der Waals surface area contributed by atoms with Crippen molar-refractivity contribution in [1.29, 1.82) is 0 Å². The molecule has 0 spiro atoms. The molecule has 0 unspecified atom stereocenters. The second-order valence-corrected chi connectivity index (χ2v) is 7.49. The van der Waals surface area contributed by atoms with Gasteiger partial charge in [-0.2, -0.15) is 0 Å². The SMILES string of the molecule is Cc1ccc(CN2CCOCC2)cc1C(=O)NCC1CCN(C)CC1. The Labute approximate surface area is 151 Å². The average molecular weight is 345 g/mol. The number of morpholine rings is 1. The van der Waals surface area contributed by atoms with Crippen LogP contribution in [0.2, 0.25) is 0 Å². The Hall–Kier alpha value is -1.43. The van der Waals surface area contributed by atoms with E-state index in [1.807, 2.05) is 6.92 Å². The summed E-state index contributed by atoms with van der Waals surface area (Å²) in [5.74, 6) is 0.678. The first kappa shape index (κ1) is 18.4. The molecule has 1 N–H and O–H groups in total. The largest absolute Gasteiger partial charge is 0.379 e. The summed E-state index contributed by atoms with van der Waals surface area (Å²) in [6.07, 6.45) is 2.35. The van der Waals surface area contributed by atoms with E-state index in [4.69, 9.17) is 4.74 Å². The van der Waals surface area contributed by atoms with Crippen molar-refractivity contribution in [3.05, 3.63) is 34.9 Å². The fourth-order valence-electron chi connectivity index (χ4n) is 3.63. The molecule has 2 saturated heterocycles. The van der Waals surface area contributed by atoms with Gasteiger partial charge in [0.2, 0.25) is 0 Å². The molecule has 1 aromatic rings. The van der Waals surface area contributed by atoms with Gasteiger partial charge in [0.15, 0.2) is 0 Å². The van der Waals surface area contributed by atoms with Gasteiger partial charge in [0.05, 0.1) is 13.2 Å². The van der Waals surface area contributed by atoms with Crippen LogP contribution in [0.1, 0.15) is 34.3 Å². The third-order valence-corrected chi connectivity index (χ3v) is 5.45. The second-order valence-electron chi connectivity index (χ2n) is 7.49. The highest BCUT2D eigenvalue weighted by Gasteiger charge is 2.18. The maximum atomic E-state index is 12.7. The summed E-state index contributed by atoms with van der Waals surface area (Å²) in [5, 5.41) is 3.16. The lowest BCUT2D eigenvalue weighted by Gasteiger charge is -2.29. The number of carbonyl (C=O) groups excluding carboxylic acids is 1. The van der Waals surface area contributed by atoms with Crippen LogP contribution in [0.25, 0.3) is 0 Å². The van der Waals surface area contributed by atoms with Gasteiger partial charge in [0, 0.05) is 31.7 Å². The number of amides is 1. The number of rotatable bonds is 5. The summed E-state index contributed by atoms with van der Waals surface area (Å²) in [4.78, 5) is 17.4. The van der Waals surface area contributed by atoms with Crippen molar-refractivity contribution in [3.8, 4) is 0 Å². The number of benzene rings is 1. The number of nitrogens with zero attached hydrogens (tertiary/aromatic N) is 2. The fraction of sp³-hybridized carbons (Fsp3) is 0.650. The summed E-state index contributed by atoms with van der Waals surface area (Å²) in [6.45, 7) is 9.49. The molecule has 5 nitrogen and oxygen atoms in total. The molecular formula is C20H31N3O2. The fourth-order valence-corrected chi connectivity index (χ4v) is 3.63. The van der Waals surface area contributed by atoms with Crippen LogP contribution >= 0.6 is 0 Å². The molecule has 0 atom stereocenters. The molecule has 2 aliphatic rings.